The molecule has 0 bridgehead atoms. The van der Waals surface area contributed by atoms with Crippen molar-refractivity contribution in [1.29, 1.82) is 0 Å². The van der Waals surface area contributed by atoms with Gasteiger partial charge in [-0.3, -0.25) is 0 Å². The molecule has 6 heteroatoms. The van der Waals surface area contributed by atoms with Crippen molar-refractivity contribution in [2.75, 3.05) is 12.4 Å². The van der Waals surface area contributed by atoms with Gasteiger partial charge >= 0.3 is 0 Å². The molecule has 0 saturated carbocycles. The third-order valence-corrected chi connectivity index (χ3v) is 4.37. The second-order valence-electron chi connectivity index (χ2n) is 3.67. The SMILES string of the molecule is CNc1nc(-c2ccc(F)cc2Br)nc(C)c1I. The van der Waals surface area contributed by atoms with Crippen molar-refractivity contribution in [2.24, 2.45) is 0 Å². The predicted molar refractivity (Wildman–Crippen MR) is 82.1 cm³/mol. The average molecular weight is 422 g/mol. The van der Waals surface area contributed by atoms with Crippen LogP contribution in [0.15, 0.2) is 22.7 Å². The lowest BCUT2D eigenvalue weighted by molar-refractivity contribution is 0.627. The molecule has 3 nitrogen and oxygen atoms in total. The van der Waals surface area contributed by atoms with Gasteiger partial charge < -0.3 is 5.32 Å². The first-order valence-electron chi connectivity index (χ1n) is 5.20. The number of hydrogen-bond acceptors (Lipinski definition) is 3. The summed E-state index contributed by atoms with van der Waals surface area (Å²) >= 11 is 5.53. The zero-order valence-electron chi connectivity index (χ0n) is 9.76. The van der Waals surface area contributed by atoms with E-state index in [0.29, 0.717) is 10.3 Å². The largest absolute Gasteiger partial charge is 0.372 e. The highest BCUT2D eigenvalue weighted by Crippen LogP contribution is 2.29. The van der Waals surface area contributed by atoms with Gasteiger partial charge in [0, 0.05) is 17.1 Å². The number of nitrogens with zero attached hydrogens (tertiary/aromatic N) is 2. The van der Waals surface area contributed by atoms with Crippen molar-refractivity contribution in [2.45, 2.75) is 6.92 Å². The lowest BCUT2D eigenvalue weighted by Crippen LogP contribution is -2.03. The van der Waals surface area contributed by atoms with Crippen molar-refractivity contribution in [3.63, 3.8) is 0 Å². The van der Waals surface area contributed by atoms with E-state index in [0.717, 1.165) is 20.6 Å². The maximum absolute atomic E-state index is 13.1. The molecule has 1 N–H and O–H groups in total. The predicted octanol–water partition coefficient (Wildman–Crippen LogP) is 4.00. The summed E-state index contributed by atoms with van der Waals surface area (Å²) in [4.78, 5) is 8.86. The smallest absolute Gasteiger partial charge is 0.162 e. The summed E-state index contributed by atoms with van der Waals surface area (Å²) in [5, 5.41) is 3.03. The Labute approximate surface area is 127 Å². The molecule has 1 aromatic carbocycles. The fraction of sp³-hybridized carbons (Fsp3) is 0.167. The molecule has 0 radical (unpaired) electrons. The quantitative estimate of drug-likeness (QED) is 0.744. The Kier molecular flexibility index (Phi) is 4.16. The molecule has 1 heterocycles. The fourth-order valence-electron chi connectivity index (χ4n) is 1.52. The molecule has 94 valence electrons. The Morgan fingerprint density at radius 3 is 2.67 bits per heavy atom. The van der Waals surface area contributed by atoms with E-state index in [1.807, 2.05) is 14.0 Å². The van der Waals surface area contributed by atoms with Gasteiger partial charge in [-0.2, -0.15) is 0 Å². The molecule has 0 amide bonds. The maximum Gasteiger partial charge on any atom is 0.162 e. The standard InChI is InChI=1S/C12H10BrFIN3/c1-6-10(15)12(16-2)18-11(17-6)8-4-3-7(14)5-9(8)13/h3-5H,1-2H3,(H,16,17,18). The van der Waals surface area contributed by atoms with Crippen molar-refractivity contribution in [3.05, 3.63) is 37.8 Å². The van der Waals surface area contributed by atoms with Gasteiger partial charge in [0.05, 0.1) is 9.26 Å². The summed E-state index contributed by atoms with van der Waals surface area (Å²) in [5.74, 6) is 1.06. The van der Waals surface area contributed by atoms with Gasteiger partial charge in [0.2, 0.25) is 0 Å². The Morgan fingerprint density at radius 1 is 1.33 bits per heavy atom. The number of aromatic nitrogens is 2. The molecule has 1 aromatic heterocycles. The Hall–Kier alpha value is -0.760. The Morgan fingerprint density at radius 2 is 2.06 bits per heavy atom. The molecular formula is C12H10BrFIN3. The van der Waals surface area contributed by atoms with E-state index in [9.17, 15) is 4.39 Å². The second-order valence-corrected chi connectivity index (χ2v) is 5.60. The van der Waals surface area contributed by atoms with Gasteiger partial charge in [0.15, 0.2) is 5.82 Å². The summed E-state index contributed by atoms with van der Waals surface area (Å²) in [5.41, 5.74) is 1.66. The van der Waals surface area contributed by atoms with Gasteiger partial charge in [-0.1, -0.05) is 0 Å². The normalized spacial score (nSPS) is 10.5. The third-order valence-electron chi connectivity index (χ3n) is 2.43. The van der Waals surface area contributed by atoms with E-state index in [4.69, 9.17) is 0 Å². The van der Waals surface area contributed by atoms with Crippen LogP contribution in [0.1, 0.15) is 5.69 Å². The monoisotopic (exact) mass is 421 g/mol. The van der Waals surface area contributed by atoms with Crippen LogP contribution >= 0.6 is 38.5 Å². The van der Waals surface area contributed by atoms with Gasteiger partial charge in [-0.25, -0.2) is 14.4 Å². The molecule has 0 aliphatic heterocycles. The first-order chi connectivity index (χ1) is 8.52. The summed E-state index contributed by atoms with van der Waals surface area (Å²) in [7, 11) is 1.81. The van der Waals surface area contributed by atoms with Crippen LogP contribution in [-0.4, -0.2) is 17.0 Å². The summed E-state index contributed by atoms with van der Waals surface area (Å²) in [6.07, 6.45) is 0. The van der Waals surface area contributed by atoms with Crippen LogP contribution < -0.4 is 5.32 Å². The number of benzene rings is 1. The minimum Gasteiger partial charge on any atom is -0.372 e. The first kappa shape index (κ1) is 13.7. The van der Waals surface area contributed by atoms with E-state index in [-0.39, 0.29) is 5.82 Å². The zero-order chi connectivity index (χ0) is 13.3. The third kappa shape index (κ3) is 2.64. The number of aryl methyl sites for hydroxylation is 1. The molecule has 0 spiro atoms. The number of rotatable bonds is 2. The van der Waals surface area contributed by atoms with E-state index in [1.54, 1.807) is 6.07 Å². The molecule has 0 atom stereocenters. The highest BCUT2D eigenvalue weighted by Gasteiger charge is 2.12. The van der Waals surface area contributed by atoms with Crippen LogP contribution in [0.5, 0.6) is 0 Å². The lowest BCUT2D eigenvalue weighted by atomic mass is 10.2. The maximum atomic E-state index is 13.1. The van der Waals surface area contributed by atoms with Crippen molar-refractivity contribution in [3.8, 4) is 11.4 Å². The molecule has 0 fully saturated rings. The van der Waals surface area contributed by atoms with Crippen LogP contribution in [0.3, 0.4) is 0 Å². The molecule has 0 aliphatic carbocycles. The first-order valence-corrected chi connectivity index (χ1v) is 7.07. The Balaban J connectivity index is 2.60. The van der Waals surface area contributed by atoms with Gasteiger partial charge in [0.1, 0.15) is 11.6 Å². The fourth-order valence-corrected chi connectivity index (χ4v) is 2.56. The Bertz CT molecular complexity index is 604. The molecule has 0 unspecified atom stereocenters. The van der Waals surface area contributed by atoms with Crippen LogP contribution in [-0.2, 0) is 0 Å². The van der Waals surface area contributed by atoms with Gasteiger partial charge in [-0.05, 0) is 63.6 Å². The minimum atomic E-state index is -0.290. The van der Waals surface area contributed by atoms with Crippen LogP contribution in [0.25, 0.3) is 11.4 Å². The summed E-state index contributed by atoms with van der Waals surface area (Å²) in [6.45, 7) is 1.92. The number of anilines is 1. The highest BCUT2D eigenvalue weighted by atomic mass is 127. The van der Waals surface area contributed by atoms with Crippen LogP contribution in [0, 0.1) is 16.3 Å². The number of halogens is 3. The number of hydrogen-bond donors (Lipinski definition) is 1. The summed E-state index contributed by atoms with van der Waals surface area (Å²) < 4.78 is 14.7. The molecule has 2 rings (SSSR count). The molecule has 0 saturated heterocycles. The molecule has 0 aliphatic rings. The van der Waals surface area contributed by atoms with Crippen molar-refractivity contribution in [1.82, 2.24) is 9.97 Å². The van der Waals surface area contributed by atoms with E-state index in [2.05, 4.69) is 53.8 Å². The topological polar surface area (TPSA) is 37.8 Å². The van der Waals surface area contributed by atoms with Gasteiger partial charge in [0.25, 0.3) is 0 Å². The van der Waals surface area contributed by atoms with Crippen molar-refractivity contribution < 1.29 is 4.39 Å². The van der Waals surface area contributed by atoms with Crippen molar-refractivity contribution >= 4 is 44.3 Å². The van der Waals surface area contributed by atoms with Gasteiger partial charge in [-0.15, -0.1) is 0 Å². The molecule has 2 aromatic rings. The van der Waals surface area contributed by atoms with E-state index in [1.165, 1.54) is 12.1 Å². The average Bonchev–Trinajstić information content (AvgIpc) is 2.32. The zero-order valence-corrected chi connectivity index (χ0v) is 13.5. The van der Waals surface area contributed by atoms with Crippen LogP contribution in [0.4, 0.5) is 10.2 Å². The summed E-state index contributed by atoms with van der Waals surface area (Å²) in [6, 6.07) is 4.47. The van der Waals surface area contributed by atoms with E-state index >= 15 is 0 Å². The minimum absolute atomic E-state index is 0.290. The van der Waals surface area contributed by atoms with Crippen LogP contribution in [0.2, 0.25) is 0 Å². The molecular weight excluding hydrogens is 412 g/mol. The highest BCUT2D eigenvalue weighted by molar-refractivity contribution is 14.1. The molecule has 18 heavy (non-hydrogen) atoms. The lowest BCUT2D eigenvalue weighted by Gasteiger charge is -2.09. The second kappa shape index (κ2) is 5.48. The number of nitrogens with one attached hydrogen (secondary N) is 1. The van der Waals surface area contributed by atoms with E-state index < -0.39 is 0 Å².